The molecule has 0 saturated carbocycles. The fraction of sp³-hybridized carbons (Fsp3) is 0.500. The van der Waals surface area contributed by atoms with Gasteiger partial charge in [-0.15, -0.1) is 0 Å². The number of likely N-dealkylation sites (N-methyl/N-ethyl adjacent to an activating group) is 1. The van der Waals surface area contributed by atoms with Crippen LogP contribution in [0.2, 0.25) is 0 Å². The van der Waals surface area contributed by atoms with E-state index in [-0.39, 0.29) is 54.3 Å². The van der Waals surface area contributed by atoms with Gasteiger partial charge in [-0.1, -0.05) is 36.4 Å². The molecule has 1 amide bonds. The first kappa shape index (κ1) is 33.4. The van der Waals surface area contributed by atoms with Gasteiger partial charge in [0.25, 0.3) is 5.56 Å². The summed E-state index contributed by atoms with van der Waals surface area (Å²) in [4.78, 5) is 46.0. The number of hydrogen-bond acceptors (Lipinski definition) is 9. The van der Waals surface area contributed by atoms with E-state index in [0.29, 0.717) is 15.3 Å². The summed E-state index contributed by atoms with van der Waals surface area (Å²) in [6.07, 6.45) is -3.59. The fourth-order valence-electron chi connectivity index (χ4n) is 6.67. The van der Waals surface area contributed by atoms with E-state index in [1.54, 1.807) is 67.0 Å². The summed E-state index contributed by atoms with van der Waals surface area (Å²) in [7, 11) is 1.99. The molecule has 4 heterocycles. The van der Waals surface area contributed by atoms with E-state index in [2.05, 4.69) is 19.9 Å². The molecular formula is C34H40F3N7O4. The first-order valence-corrected chi connectivity index (χ1v) is 16.1. The van der Waals surface area contributed by atoms with Crippen LogP contribution in [0.1, 0.15) is 53.3 Å². The number of alkyl halides is 3. The average Bonchev–Trinajstić information content (AvgIpc) is 3.42. The Bertz CT molecular complexity index is 1890. The van der Waals surface area contributed by atoms with Crippen molar-refractivity contribution in [1.29, 1.82) is 0 Å². The molecule has 2 saturated heterocycles. The maximum absolute atomic E-state index is 14.9. The van der Waals surface area contributed by atoms with Crippen LogP contribution in [-0.4, -0.2) is 92.4 Å². The van der Waals surface area contributed by atoms with Gasteiger partial charge in [-0.2, -0.15) is 23.1 Å². The van der Waals surface area contributed by atoms with Crippen molar-refractivity contribution < 1.29 is 27.4 Å². The van der Waals surface area contributed by atoms with Crippen molar-refractivity contribution in [1.82, 2.24) is 29.3 Å². The normalized spacial score (nSPS) is 20.9. The summed E-state index contributed by atoms with van der Waals surface area (Å²) in [6.45, 7) is 10.6. The minimum Gasteiger partial charge on any atom is -0.462 e. The maximum Gasteiger partial charge on any atom is 0.450 e. The van der Waals surface area contributed by atoms with Crippen LogP contribution in [0.4, 0.5) is 23.8 Å². The summed E-state index contributed by atoms with van der Waals surface area (Å²) in [5, 5.41) is 1.11. The number of likely N-dealkylation sites (tertiary alicyclic amines) is 1. The predicted octanol–water partition coefficient (Wildman–Crippen LogP) is 5.65. The van der Waals surface area contributed by atoms with Crippen molar-refractivity contribution in [3.8, 4) is 11.7 Å². The lowest BCUT2D eigenvalue weighted by Crippen LogP contribution is -2.59. The summed E-state index contributed by atoms with van der Waals surface area (Å²) in [6, 6.07) is 10.8. The lowest BCUT2D eigenvalue weighted by atomic mass is 10.1. The van der Waals surface area contributed by atoms with Crippen LogP contribution < -0.4 is 15.2 Å². The first-order valence-electron chi connectivity index (χ1n) is 16.1. The van der Waals surface area contributed by atoms with Gasteiger partial charge in [0.15, 0.2) is 11.3 Å². The van der Waals surface area contributed by atoms with Crippen LogP contribution >= 0.6 is 0 Å². The number of piperazine rings is 1. The summed E-state index contributed by atoms with van der Waals surface area (Å²) >= 11 is 0. The molecular weight excluding hydrogens is 627 g/mol. The predicted molar refractivity (Wildman–Crippen MR) is 176 cm³/mol. The topological polar surface area (TPSA) is 106 Å². The fourth-order valence-corrected chi connectivity index (χ4v) is 6.67. The van der Waals surface area contributed by atoms with Crippen LogP contribution in [0.5, 0.6) is 6.01 Å². The second-order valence-corrected chi connectivity index (χ2v) is 13.7. The number of nitrogens with zero attached hydrogens (tertiary/aromatic N) is 7. The Morgan fingerprint density at radius 2 is 1.65 bits per heavy atom. The standard InChI is InChI=1S/C34H40F3N7O4/c1-20-17-42(32(46)48-33(3,4)5)18-21(2)43(20)28-26-27(39-31(40-28)47-19-23-13-10-16-41(23)6)29(45)44(30(38-26)34(35,36)37)25-15-9-12-22-11-7-8-14-24(22)25/h7-9,11-12,14-15,20-21,23H,10,13,16-19H2,1-6H3/t20-,21-,23-/m0/s1. The second kappa shape index (κ2) is 12.5. The maximum atomic E-state index is 14.9. The average molecular weight is 668 g/mol. The molecule has 2 aliphatic rings. The van der Waals surface area contributed by atoms with Crippen molar-refractivity contribution in [3.05, 3.63) is 58.6 Å². The van der Waals surface area contributed by atoms with Crippen LogP contribution in [0.25, 0.3) is 27.5 Å². The van der Waals surface area contributed by atoms with E-state index >= 15 is 0 Å². The van der Waals surface area contributed by atoms with E-state index in [1.165, 1.54) is 6.07 Å². The molecule has 6 rings (SSSR count). The summed E-state index contributed by atoms with van der Waals surface area (Å²) in [5.41, 5.74) is -2.26. The highest BCUT2D eigenvalue weighted by Gasteiger charge is 2.41. The monoisotopic (exact) mass is 667 g/mol. The Morgan fingerprint density at radius 3 is 2.29 bits per heavy atom. The number of carbonyl (C=O) groups excluding carboxylic acids is 1. The quantitative estimate of drug-likeness (QED) is 0.267. The van der Waals surface area contributed by atoms with Gasteiger partial charge in [-0.3, -0.25) is 9.36 Å². The Labute approximate surface area is 276 Å². The largest absolute Gasteiger partial charge is 0.462 e. The van der Waals surface area contributed by atoms with Gasteiger partial charge in [0, 0.05) is 36.6 Å². The number of hydrogen-bond donors (Lipinski definition) is 0. The Kier molecular flexibility index (Phi) is 8.73. The van der Waals surface area contributed by atoms with Crippen molar-refractivity contribution in [3.63, 3.8) is 0 Å². The van der Waals surface area contributed by atoms with Crippen LogP contribution in [0.3, 0.4) is 0 Å². The lowest BCUT2D eigenvalue weighted by molar-refractivity contribution is -0.146. The Balaban J connectivity index is 1.53. The zero-order valence-corrected chi connectivity index (χ0v) is 27.9. The van der Waals surface area contributed by atoms with Crippen LogP contribution in [0.15, 0.2) is 47.3 Å². The van der Waals surface area contributed by atoms with E-state index in [1.807, 2.05) is 20.9 Å². The third-order valence-electron chi connectivity index (χ3n) is 8.83. The smallest absolute Gasteiger partial charge is 0.450 e. The highest BCUT2D eigenvalue weighted by molar-refractivity contribution is 5.91. The third kappa shape index (κ3) is 6.49. The SMILES string of the molecule is C[C@H]1CN(C(=O)OC(C)(C)C)C[C@H](C)N1c1nc(OC[C@@H]2CCCN2C)nc2c(=O)n(-c3cccc4ccccc34)c(C(F)(F)F)nc12. The van der Waals surface area contributed by atoms with Gasteiger partial charge < -0.3 is 24.2 Å². The minimum atomic E-state index is -5.00. The van der Waals surface area contributed by atoms with Gasteiger partial charge in [0.05, 0.1) is 5.69 Å². The number of fused-ring (bicyclic) bond motifs is 2. The van der Waals surface area contributed by atoms with Crippen LogP contribution in [0, 0.1) is 0 Å². The van der Waals surface area contributed by atoms with Gasteiger partial charge >= 0.3 is 18.3 Å². The van der Waals surface area contributed by atoms with E-state index in [9.17, 15) is 22.8 Å². The number of anilines is 1. The first-order chi connectivity index (χ1) is 22.6. The highest BCUT2D eigenvalue weighted by Crippen LogP contribution is 2.35. The molecule has 256 valence electrons. The highest BCUT2D eigenvalue weighted by atomic mass is 19.4. The molecule has 4 aromatic rings. The van der Waals surface area contributed by atoms with E-state index in [4.69, 9.17) is 9.47 Å². The number of halogens is 3. The molecule has 0 N–H and O–H groups in total. The third-order valence-corrected chi connectivity index (χ3v) is 8.83. The number of benzene rings is 2. The van der Waals surface area contributed by atoms with Gasteiger partial charge in [-0.25, -0.2) is 9.78 Å². The molecule has 0 aliphatic carbocycles. The number of rotatable bonds is 5. The summed E-state index contributed by atoms with van der Waals surface area (Å²) < 4.78 is 56.9. The van der Waals surface area contributed by atoms with Crippen molar-refractivity contribution >= 4 is 33.7 Å². The molecule has 0 spiro atoms. The molecule has 3 atom stereocenters. The van der Waals surface area contributed by atoms with Gasteiger partial charge in [-0.05, 0) is 72.5 Å². The molecule has 2 aromatic heterocycles. The molecule has 2 aromatic carbocycles. The molecule has 48 heavy (non-hydrogen) atoms. The van der Waals surface area contributed by atoms with Gasteiger partial charge in [0.2, 0.25) is 5.82 Å². The second-order valence-electron chi connectivity index (χ2n) is 13.7. The number of carbonyl (C=O) groups is 1. The number of ether oxygens (including phenoxy) is 2. The van der Waals surface area contributed by atoms with E-state index < -0.39 is 41.3 Å². The summed E-state index contributed by atoms with van der Waals surface area (Å²) in [5.74, 6) is -1.36. The molecule has 11 nitrogen and oxygen atoms in total. The number of aromatic nitrogens is 4. The van der Waals surface area contributed by atoms with Gasteiger partial charge in [0.1, 0.15) is 17.7 Å². The lowest BCUT2D eigenvalue weighted by Gasteiger charge is -2.45. The molecule has 2 fully saturated rings. The van der Waals surface area contributed by atoms with E-state index in [0.717, 1.165) is 19.4 Å². The zero-order chi connectivity index (χ0) is 34.5. The molecule has 0 radical (unpaired) electrons. The molecule has 14 heteroatoms. The number of amides is 1. The Morgan fingerprint density at radius 1 is 0.958 bits per heavy atom. The molecule has 2 aliphatic heterocycles. The molecule has 0 unspecified atom stereocenters. The minimum absolute atomic E-state index is 0.0303. The molecule has 0 bridgehead atoms. The zero-order valence-electron chi connectivity index (χ0n) is 27.9. The van der Waals surface area contributed by atoms with Crippen molar-refractivity contribution in [2.24, 2.45) is 0 Å². The van der Waals surface area contributed by atoms with Crippen LogP contribution in [-0.2, 0) is 10.9 Å². The van der Waals surface area contributed by atoms with Crippen molar-refractivity contribution in [2.75, 3.05) is 38.2 Å². The Hall–Kier alpha value is -4.46. The van der Waals surface area contributed by atoms with Crippen molar-refractivity contribution in [2.45, 2.75) is 77.4 Å².